The van der Waals surface area contributed by atoms with Crippen LogP contribution in [0.4, 0.5) is 5.69 Å². The predicted molar refractivity (Wildman–Crippen MR) is 72.8 cm³/mol. The van der Waals surface area contributed by atoms with E-state index in [1.807, 2.05) is 0 Å². The van der Waals surface area contributed by atoms with Crippen LogP contribution < -0.4 is 4.72 Å². The topological polar surface area (TPSA) is 112 Å². The fraction of sp³-hybridized carbons (Fsp3) is 0. The number of aromatic carboxylic acids is 1. The Kier molecular flexibility index (Phi) is 3.89. The molecule has 20 heavy (non-hydrogen) atoms. The average Bonchev–Trinajstić information content (AvgIpc) is 2.83. The minimum absolute atomic E-state index is 0.0325. The SMILES string of the molecule is O=C(O)c1cn[nH]c1S(=O)(=O)Nc1cc(Cl)ccc1Cl. The highest BCUT2D eigenvalue weighted by molar-refractivity contribution is 7.92. The second kappa shape index (κ2) is 5.31. The largest absolute Gasteiger partial charge is 0.478 e. The van der Waals surface area contributed by atoms with Gasteiger partial charge in [-0.05, 0) is 18.2 Å². The van der Waals surface area contributed by atoms with Gasteiger partial charge in [0, 0.05) is 5.02 Å². The number of anilines is 1. The summed E-state index contributed by atoms with van der Waals surface area (Å²) in [7, 11) is -4.18. The lowest BCUT2D eigenvalue weighted by Crippen LogP contribution is -2.17. The van der Waals surface area contributed by atoms with Gasteiger partial charge in [0.25, 0.3) is 10.0 Å². The van der Waals surface area contributed by atoms with Crippen LogP contribution in [0.1, 0.15) is 10.4 Å². The summed E-state index contributed by atoms with van der Waals surface area (Å²) in [5, 5.41) is 14.2. The van der Waals surface area contributed by atoms with Crippen molar-refractivity contribution in [2.45, 2.75) is 5.03 Å². The molecule has 0 amide bonds. The first kappa shape index (κ1) is 14.6. The van der Waals surface area contributed by atoms with E-state index in [0.29, 0.717) is 0 Å². The monoisotopic (exact) mass is 335 g/mol. The van der Waals surface area contributed by atoms with Gasteiger partial charge < -0.3 is 5.11 Å². The zero-order valence-electron chi connectivity index (χ0n) is 9.59. The molecule has 0 unspecified atom stereocenters. The lowest BCUT2D eigenvalue weighted by Gasteiger charge is -2.09. The fourth-order valence-electron chi connectivity index (χ4n) is 1.40. The first-order valence-corrected chi connectivity index (χ1v) is 7.29. The molecular weight excluding hydrogens is 329 g/mol. The number of nitrogens with one attached hydrogen (secondary N) is 2. The smallest absolute Gasteiger partial charge is 0.340 e. The Balaban J connectivity index is 2.44. The van der Waals surface area contributed by atoms with E-state index in [0.717, 1.165) is 6.20 Å². The molecule has 0 fully saturated rings. The Morgan fingerprint density at radius 1 is 1.35 bits per heavy atom. The number of rotatable bonds is 4. The van der Waals surface area contributed by atoms with Gasteiger partial charge in [0.15, 0.2) is 5.03 Å². The normalized spacial score (nSPS) is 11.3. The first-order chi connectivity index (χ1) is 9.31. The van der Waals surface area contributed by atoms with E-state index in [1.54, 1.807) is 0 Å². The number of H-pyrrole nitrogens is 1. The molecule has 0 aliphatic carbocycles. The maximum Gasteiger partial charge on any atom is 0.340 e. The van der Waals surface area contributed by atoms with Gasteiger partial charge in [0.05, 0.1) is 16.9 Å². The van der Waals surface area contributed by atoms with Crippen molar-refractivity contribution in [2.75, 3.05) is 4.72 Å². The number of carbonyl (C=O) groups is 1. The minimum Gasteiger partial charge on any atom is -0.478 e. The van der Waals surface area contributed by atoms with E-state index in [1.165, 1.54) is 18.2 Å². The van der Waals surface area contributed by atoms with Crippen LogP contribution in [0.15, 0.2) is 29.4 Å². The fourth-order valence-corrected chi connectivity index (χ4v) is 2.96. The molecule has 0 bridgehead atoms. The van der Waals surface area contributed by atoms with Crippen LogP contribution in [0.25, 0.3) is 0 Å². The molecule has 1 heterocycles. The molecule has 0 spiro atoms. The molecule has 10 heteroatoms. The van der Waals surface area contributed by atoms with Crippen LogP contribution in [-0.4, -0.2) is 29.7 Å². The molecule has 0 radical (unpaired) electrons. The van der Waals surface area contributed by atoms with Crippen molar-refractivity contribution in [3.8, 4) is 0 Å². The predicted octanol–water partition coefficient (Wildman–Crippen LogP) is 2.22. The van der Waals surface area contributed by atoms with Crippen LogP contribution >= 0.6 is 23.2 Å². The molecule has 0 aliphatic rings. The van der Waals surface area contributed by atoms with Crippen molar-refractivity contribution in [3.05, 3.63) is 40.0 Å². The molecule has 106 valence electrons. The van der Waals surface area contributed by atoms with Crippen LogP contribution in [0.2, 0.25) is 10.0 Å². The Labute approximate surface area is 123 Å². The summed E-state index contributed by atoms with van der Waals surface area (Å²) in [6.45, 7) is 0. The van der Waals surface area contributed by atoms with Gasteiger partial charge in [-0.2, -0.15) is 13.5 Å². The van der Waals surface area contributed by atoms with Crippen LogP contribution in [0.3, 0.4) is 0 Å². The van der Waals surface area contributed by atoms with Crippen LogP contribution in [0, 0.1) is 0 Å². The highest BCUT2D eigenvalue weighted by Crippen LogP contribution is 2.27. The van der Waals surface area contributed by atoms with Crippen molar-refractivity contribution >= 4 is 44.9 Å². The summed E-state index contributed by atoms with van der Waals surface area (Å²) in [5.74, 6) is -1.42. The Bertz CT molecular complexity index is 773. The first-order valence-electron chi connectivity index (χ1n) is 5.06. The molecule has 2 aromatic rings. The van der Waals surface area contributed by atoms with E-state index in [4.69, 9.17) is 28.3 Å². The summed E-state index contributed by atoms with van der Waals surface area (Å²) in [4.78, 5) is 10.9. The van der Waals surface area contributed by atoms with Gasteiger partial charge in [-0.1, -0.05) is 23.2 Å². The molecule has 1 aromatic carbocycles. The molecule has 0 atom stereocenters. The maximum absolute atomic E-state index is 12.1. The standard InChI is InChI=1S/C10H7Cl2N3O4S/c11-5-1-2-7(12)8(3-5)15-20(18,19)9-6(10(16)17)4-13-14-9/h1-4,15H,(H,13,14)(H,16,17). The van der Waals surface area contributed by atoms with Gasteiger partial charge in [0.2, 0.25) is 0 Å². The number of benzene rings is 1. The second-order valence-electron chi connectivity index (χ2n) is 3.65. The van der Waals surface area contributed by atoms with E-state index < -0.39 is 26.6 Å². The lowest BCUT2D eigenvalue weighted by atomic mass is 10.3. The number of aromatic nitrogens is 2. The van der Waals surface area contributed by atoms with Crippen molar-refractivity contribution in [3.63, 3.8) is 0 Å². The third-order valence-electron chi connectivity index (χ3n) is 2.28. The number of halogens is 2. The molecule has 2 rings (SSSR count). The van der Waals surface area contributed by atoms with Crippen LogP contribution in [0.5, 0.6) is 0 Å². The quantitative estimate of drug-likeness (QED) is 0.792. The van der Waals surface area contributed by atoms with Gasteiger partial charge in [0.1, 0.15) is 5.56 Å². The molecule has 0 saturated carbocycles. The Morgan fingerprint density at radius 3 is 2.70 bits per heavy atom. The van der Waals surface area contributed by atoms with Crippen molar-refractivity contribution in [1.82, 2.24) is 10.2 Å². The lowest BCUT2D eigenvalue weighted by molar-refractivity contribution is 0.0692. The minimum atomic E-state index is -4.18. The number of hydrogen-bond acceptors (Lipinski definition) is 4. The third kappa shape index (κ3) is 2.87. The summed E-state index contributed by atoms with van der Waals surface area (Å²) in [5.41, 5.74) is -0.444. The summed E-state index contributed by atoms with van der Waals surface area (Å²) < 4.78 is 26.4. The van der Waals surface area contributed by atoms with Crippen LogP contribution in [-0.2, 0) is 10.0 Å². The van der Waals surface area contributed by atoms with Crippen molar-refractivity contribution in [1.29, 1.82) is 0 Å². The molecule has 3 N–H and O–H groups in total. The van der Waals surface area contributed by atoms with Gasteiger partial charge in [-0.25, -0.2) is 4.79 Å². The average molecular weight is 336 g/mol. The number of aromatic amines is 1. The summed E-state index contributed by atoms with van der Waals surface area (Å²) >= 11 is 11.6. The number of carboxylic acid groups (broad SMARTS) is 1. The molecule has 7 nitrogen and oxygen atoms in total. The van der Waals surface area contributed by atoms with Crippen molar-refractivity contribution in [2.24, 2.45) is 0 Å². The van der Waals surface area contributed by atoms with E-state index in [9.17, 15) is 13.2 Å². The Hall–Kier alpha value is -1.77. The third-order valence-corrected chi connectivity index (χ3v) is 4.18. The molecule has 0 aliphatic heterocycles. The highest BCUT2D eigenvalue weighted by Gasteiger charge is 2.25. The number of carboxylic acids is 1. The summed E-state index contributed by atoms with van der Waals surface area (Å²) in [6, 6.07) is 4.20. The Morgan fingerprint density at radius 2 is 2.05 bits per heavy atom. The molecule has 1 aromatic heterocycles. The molecular formula is C10H7Cl2N3O4S. The highest BCUT2D eigenvalue weighted by atomic mass is 35.5. The van der Waals surface area contributed by atoms with Crippen molar-refractivity contribution < 1.29 is 18.3 Å². The van der Waals surface area contributed by atoms with E-state index in [-0.39, 0.29) is 15.7 Å². The maximum atomic E-state index is 12.1. The number of sulfonamides is 1. The van der Waals surface area contributed by atoms with Gasteiger partial charge in [-0.15, -0.1) is 0 Å². The van der Waals surface area contributed by atoms with Gasteiger partial charge in [-0.3, -0.25) is 9.82 Å². The van der Waals surface area contributed by atoms with E-state index in [2.05, 4.69) is 14.9 Å². The second-order valence-corrected chi connectivity index (χ2v) is 6.11. The summed E-state index contributed by atoms with van der Waals surface area (Å²) in [6.07, 6.45) is 0.899. The molecule has 0 saturated heterocycles. The van der Waals surface area contributed by atoms with E-state index >= 15 is 0 Å². The number of hydrogen-bond donors (Lipinski definition) is 3. The zero-order chi connectivity index (χ0) is 14.9. The number of nitrogens with zero attached hydrogens (tertiary/aromatic N) is 1. The zero-order valence-corrected chi connectivity index (χ0v) is 11.9. The van der Waals surface area contributed by atoms with Gasteiger partial charge >= 0.3 is 5.97 Å².